The molecular weight excluding hydrogens is 189 g/mol. The molecule has 0 bridgehead atoms. The molecule has 0 fully saturated rings. The molecule has 54 valence electrons. The van der Waals surface area contributed by atoms with Crippen molar-refractivity contribution in [3.63, 3.8) is 0 Å². The Balaban J connectivity index is 4.02. The van der Waals surface area contributed by atoms with Gasteiger partial charge in [-0.3, -0.25) is 0 Å². The van der Waals surface area contributed by atoms with Gasteiger partial charge in [0.2, 0.25) is 0 Å². The minimum atomic E-state index is -1.67. The van der Waals surface area contributed by atoms with Gasteiger partial charge in [-0.05, 0) is 0 Å². The van der Waals surface area contributed by atoms with Crippen molar-refractivity contribution in [2.75, 3.05) is 5.88 Å². The third-order valence-corrected chi connectivity index (χ3v) is 1.28. The van der Waals surface area contributed by atoms with Crippen LogP contribution in [0.2, 0.25) is 0 Å². The maximum atomic E-state index is 12.2. The maximum Gasteiger partial charge on any atom is 0.172 e. The van der Waals surface area contributed by atoms with Crippen molar-refractivity contribution in [2.24, 2.45) is 0 Å². The standard InChI is InChI=1S/C4H4Cl3FO/c5-1-2(8)3(9)4(6)7/h2,9H,1H2. The molecule has 0 aliphatic heterocycles. The van der Waals surface area contributed by atoms with Crippen LogP contribution in [0.5, 0.6) is 0 Å². The molecule has 0 saturated heterocycles. The first-order chi connectivity index (χ1) is 4.09. The summed E-state index contributed by atoms with van der Waals surface area (Å²) in [7, 11) is 0. The Labute approximate surface area is 67.0 Å². The van der Waals surface area contributed by atoms with E-state index in [4.69, 9.17) is 39.9 Å². The van der Waals surface area contributed by atoms with Gasteiger partial charge < -0.3 is 5.11 Å². The third-order valence-electron chi connectivity index (χ3n) is 0.626. The predicted octanol–water partition coefficient (Wildman–Crippen LogP) is 2.77. The van der Waals surface area contributed by atoms with E-state index in [0.717, 1.165) is 0 Å². The van der Waals surface area contributed by atoms with E-state index in [9.17, 15) is 4.39 Å². The first-order valence-electron chi connectivity index (χ1n) is 2.03. The molecule has 0 aliphatic carbocycles. The Hall–Kier alpha value is 0.340. The van der Waals surface area contributed by atoms with E-state index in [1.807, 2.05) is 0 Å². The van der Waals surface area contributed by atoms with Crippen LogP contribution in [0.25, 0.3) is 0 Å². The van der Waals surface area contributed by atoms with Crippen LogP contribution in [0, 0.1) is 0 Å². The van der Waals surface area contributed by atoms with Crippen molar-refractivity contribution in [3.05, 3.63) is 10.3 Å². The van der Waals surface area contributed by atoms with Gasteiger partial charge in [-0.1, -0.05) is 23.2 Å². The SMILES string of the molecule is OC(=C(Cl)Cl)C(F)CCl. The minimum Gasteiger partial charge on any atom is -0.507 e. The van der Waals surface area contributed by atoms with E-state index in [1.54, 1.807) is 0 Å². The summed E-state index contributed by atoms with van der Waals surface area (Å²) in [6.45, 7) is 0. The van der Waals surface area contributed by atoms with Crippen LogP contribution in [-0.2, 0) is 0 Å². The molecule has 0 amide bonds. The van der Waals surface area contributed by atoms with Gasteiger partial charge in [-0.15, -0.1) is 11.6 Å². The number of hydrogen-bond donors (Lipinski definition) is 1. The van der Waals surface area contributed by atoms with Crippen LogP contribution in [0.1, 0.15) is 0 Å². The lowest BCUT2D eigenvalue weighted by molar-refractivity contribution is 0.278. The second-order valence-electron chi connectivity index (χ2n) is 1.27. The molecule has 1 atom stereocenters. The van der Waals surface area contributed by atoms with Crippen molar-refractivity contribution < 1.29 is 9.50 Å². The second-order valence-corrected chi connectivity index (χ2v) is 2.53. The summed E-state index contributed by atoms with van der Waals surface area (Å²) >= 11 is 15.0. The highest BCUT2D eigenvalue weighted by Crippen LogP contribution is 2.17. The Morgan fingerprint density at radius 2 is 2.00 bits per heavy atom. The minimum absolute atomic E-state index is 0.352. The maximum absolute atomic E-state index is 12.2. The predicted molar refractivity (Wildman–Crippen MR) is 37.0 cm³/mol. The van der Waals surface area contributed by atoms with Crippen LogP contribution < -0.4 is 0 Å². The Bertz CT molecular complexity index is 121. The molecule has 0 rings (SSSR count). The highest BCUT2D eigenvalue weighted by atomic mass is 35.5. The molecule has 0 heterocycles. The monoisotopic (exact) mass is 192 g/mol. The van der Waals surface area contributed by atoms with Gasteiger partial charge in [0.25, 0.3) is 0 Å². The molecule has 0 radical (unpaired) electrons. The lowest BCUT2D eigenvalue weighted by Crippen LogP contribution is -2.05. The van der Waals surface area contributed by atoms with Crippen molar-refractivity contribution in [2.45, 2.75) is 6.17 Å². The van der Waals surface area contributed by atoms with Gasteiger partial charge in [0, 0.05) is 0 Å². The zero-order chi connectivity index (χ0) is 7.44. The highest BCUT2D eigenvalue weighted by molar-refractivity contribution is 6.56. The number of aliphatic hydroxyl groups excluding tert-OH is 1. The van der Waals surface area contributed by atoms with E-state index in [2.05, 4.69) is 0 Å². The zero-order valence-electron chi connectivity index (χ0n) is 4.24. The highest BCUT2D eigenvalue weighted by Gasteiger charge is 2.12. The van der Waals surface area contributed by atoms with Crippen molar-refractivity contribution >= 4 is 34.8 Å². The van der Waals surface area contributed by atoms with Gasteiger partial charge >= 0.3 is 0 Å². The van der Waals surface area contributed by atoms with E-state index in [1.165, 1.54) is 0 Å². The summed E-state index contributed by atoms with van der Waals surface area (Å²) in [6.07, 6.45) is -1.67. The molecule has 1 unspecified atom stereocenters. The fourth-order valence-electron chi connectivity index (χ4n) is 0.191. The zero-order valence-corrected chi connectivity index (χ0v) is 6.51. The lowest BCUT2D eigenvalue weighted by atomic mass is 10.4. The molecule has 5 heteroatoms. The fraction of sp³-hybridized carbons (Fsp3) is 0.500. The summed E-state index contributed by atoms with van der Waals surface area (Å²) in [4.78, 5) is 0. The van der Waals surface area contributed by atoms with E-state index < -0.39 is 16.4 Å². The van der Waals surface area contributed by atoms with Crippen molar-refractivity contribution in [3.8, 4) is 0 Å². The Morgan fingerprint density at radius 3 is 2.11 bits per heavy atom. The molecular formula is C4H4Cl3FO. The third kappa shape index (κ3) is 3.14. The van der Waals surface area contributed by atoms with E-state index >= 15 is 0 Å². The average Bonchev–Trinajstić information content (AvgIpc) is 1.84. The van der Waals surface area contributed by atoms with Crippen LogP contribution >= 0.6 is 34.8 Å². The average molecular weight is 193 g/mol. The molecule has 0 spiro atoms. The van der Waals surface area contributed by atoms with Crippen LogP contribution in [-0.4, -0.2) is 17.2 Å². The molecule has 0 aliphatic rings. The number of allylic oxidation sites excluding steroid dienone is 1. The van der Waals surface area contributed by atoms with E-state index in [0.29, 0.717) is 0 Å². The number of hydrogen-bond acceptors (Lipinski definition) is 1. The summed E-state index contributed by atoms with van der Waals surface area (Å²) in [5.74, 6) is -1.07. The lowest BCUT2D eigenvalue weighted by Gasteiger charge is -2.00. The molecule has 0 saturated carbocycles. The molecule has 0 aromatic rings. The molecule has 0 aromatic carbocycles. The second kappa shape index (κ2) is 4.20. The van der Waals surface area contributed by atoms with E-state index in [-0.39, 0.29) is 5.88 Å². The summed E-state index contributed by atoms with van der Waals surface area (Å²) in [5.41, 5.74) is 0. The largest absolute Gasteiger partial charge is 0.507 e. The number of alkyl halides is 2. The smallest absolute Gasteiger partial charge is 0.172 e. The quantitative estimate of drug-likeness (QED) is 0.528. The molecule has 9 heavy (non-hydrogen) atoms. The van der Waals surface area contributed by atoms with Gasteiger partial charge in [-0.25, -0.2) is 4.39 Å². The van der Waals surface area contributed by atoms with Crippen molar-refractivity contribution in [1.29, 1.82) is 0 Å². The van der Waals surface area contributed by atoms with Gasteiger partial charge in [-0.2, -0.15) is 0 Å². The van der Waals surface area contributed by atoms with Gasteiger partial charge in [0.05, 0.1) is 5.88 Å². The molecule has 1 nitrogen and oxygen atoms in total. The van der Waals surface area contributed by atoms with Crippen LogP contribution in [0.3, 0.4) is 0 Å². The van der Waals surface area contributed by atoms with Gasteiger partial charge in [0.15, 0.2) is 11.9 Å². The summed E-state index contributed by atoms with van der Waals surface area (Å²) in [6, 6.07) is 0. The molecule has 0 aromatic heterocycles. The van der Waals surface area contributed by atoms with Crippen molar-refractivity contribution in [1.82, 2.24) is 0 Å². The van der Waals surface area contributed by atoms with Gasteiger partial charge in [0.1, 0.15) is 4.49 Å². The normalized spacial score (nSPS) is 12.9. The molecule has 1 N–H and O–H groups in total. The number of aliphatic hydroxyl groups is 1. The first-order valence-corrected chi connectivity index (χ1v) is 3.32. The summed E-state index contributed by atoms with van der Waals surface area (Å²) in [5, 5.41) is 8.55. The number of rotatable bonds is 2. The number of halogens is 4. The van der Waals surface area contributed by atoms with Crippen LogP contribution in [0.15, 0.2) is 10.3 Å². The van der Waals surface area contributed by atoms with Crippen LogP contribution in [0.4, 0.5) is 4.39 Å². The summed E-state index contributed by atoms with van der Waals surface area (Å²) < 4.78 is 11.7. The topological polar surface area (TPSA) is 20.2 Å². The Kier molecular flexibility index (Phi) is 4.36. The Morgan fingerprint density at radius 1 is 1.56 bits per heavy atom. The first kappa shape index (κ1) is 9.34. The fourth-order valence-corrected chi connectivity index (χ4v) is 0.574.